The predicted molar refractivity (Wildman–Crippen MR) is 101 cm³/mol. The van der Waals surface area contributed by atoms with Crippen molar-refractivity contribution >= 4 is 49.1 Å². The molecule has 0 aliphatic carbocycles. The van der Waals surface area contributed by atoms with Crippen molar-refractivity contribution in [2.24, 2.45) is 0 Å². The van der Waals surface area contributed by atoms with Gasteiger partial charge in [0.05, 0.1) is 28.4 Å². The maximum Gasteiger partial charge on any atom is 0.259 e. The van der Waals surface area contributed by atoms with Crippen molar-refractivity contribution in [2.45, 2.75) is 32.1 Å². The number of aromatic amines is 1. The summed E-state index contributed by atoms with van der Waals surface area (Å²) >= 11 is 2.83. The molecular formula is C15H19N3O4S3. The van der Waals surface area contributed by atoms with Crippen LogP contribution >= 0.6 is 23.1 Å². The highest BCUT2D eigenvalue weighted by molar-refractivity contribution is 7.99. The van der Waals surface area contributed by atoms with E-state index < -0.39 is 9.84 Å². The fourth-order valence-electron chi connectivity index (χ4n) is 2.79. The van der Waals surface area contributed by atoms with E-state index in [1.807, 2.05) is 13.8 Å². The summed E-state index contributed by atoms with van der Waals surface area (Å²) in [5.41, 5.74) is 0.807. The summed E-state index contributed by atoms with van der Waals surface area (Å²) in [5, 5.41) is 3.38. The fraction of sp³-hybridized carbons (Fsp3) is 0.533. The molecule has 2 aromatic heterocycles. The van der Waals surface area contributed by atoms with Crippen LogP contribution in [-0.4, -0.2) is 47.6 Å². The number of hydrogen-bond acceptors (Lipinski definition) is 7. The highest BCUT2D eigenvalue weighted by atomic mass is 32.2. The molecule has 1 amide bonds. The van der Waals surface area contributed by atoms with Crippen LogP contribution in [-0.2, 0) is 20.4 Å². The number of carbonyl (C=O) groups is 1. The van der Waals surface area contributed by atoms with Gasteiger partial charge in [-0.2, -0.15) is 0 Å². The first-order valence-corrected chi connectivity index (χ1v) is 11.6. The van der Waals surface area contributed by atoms with E-state index in [0.717, 1.165) is 15.3 Å². The molecule has 0 saturated carbocycles. The van der Waals surface area contributed by atoms with Gasteiger partial charge in [0.25, 0.3) is 5.56 Å². The van der Waals surface area contributed by atoms with Crippen molar-refractivity contribution in [2.75, 3.05) is 17.3 Å². The van der Waals surface area contributed by atoms with Gasteiger partial charge in [0.15, 0.2) is 9.84 Å². The largest absolute Gasteiger partial charge is 0.352 e. The summed E-state index contributed by atoms with van der Waals surface area (Å²) in [7, 11) is -3.00. The predicted octanol–water partition coefficient (Wildman–Crippen LogP) is 1.14. The number of nitrogens with zero attached hydrogens (tertiary/aromatic N) is 1. The van der Waals surface area contributed by atoms with E-state index in [9.17, 15) is 18.0 Å². The number of carbonyl (C=O) groups excluding carboxylic acids is 1. The standard InChI is InChI=1S/C15H19N3O4S3/c1-8-9(2)24-15-13(8)14(20)17-11(18-15)5-23-6-12(19)16-10-3-4-25(21,22)7-10/h10H,3-7H2,1-2H3,(H,16,19)(H,17,18,20)/t10-/m1/s1. The van der Waals surface area contributed by atoms with Gasteiger partial charge in [-0.1, -0.05) is 0 Å². The minimum absolute atomic E-state index is 0.0199. The number of aromatic nitrogens is 2. The van der Waals surface area contributed by atoms with Crippen LogP contribution in [0.1, 0.15) is 22.7 Å². The van der Waals surface area contributed by atoms with Crippen molar-refractivity contribution in [3.8, 4) is 0 Å². The molecule has 1 fully saturated rings. The minimum atomic E-state index is -3.00. The van der Waals surface area contributed by atoms with Crippen molar-refractivity contribution in [1.82, 2.24) is 15.3 Å². The Morgan fingerprint density at radius 2 is 2.20 bits per heavy atom. The monoisotopic (exact) mass is 401 g/mol. The normalized spacial score (nSPS) is 19.4. The van der Waals surface area contributed by atoms with Crippen LogP contribution in [0.5, 0.6) is 0 Å². The third kappa shape index (κ3) is 4.24. The third-order valence-electron chi connectivity index (χ3n) is 4.16. The van der Waals surface area contributed by atoms with Crippen LogP contribution < -0.4 is 10.9 Å². The van der Waals surface area contributed by atoms with Crippen LogP contribution in [0.4, 0.5) is 0 Å². The lowest BCUT2D eigenvalue weighted by atomic mass is 10.2. The lowest BCUT2D eigenvalue weighted by Crippen LogP contribution is -2.36. The molecule has 0 spiro atoms. The fourth-order valence-corrected chi connectivity index (χ4v) is 6.21. The van der Waals surface area contributed by atoms with Crippen LogP contribution in [0.15, 0.2) is 4.79 Å². The molecule has 3 heterocycles. The van der Waals surface area contributed by atoms with Gasteiger partial charge < -0.3 is 10.3 Å². The highest BCUT2D eigenvalue weighted by Crippen LogP contribution is 2.26. The number of thiophene rings is 1. The Labute approximate surface area is 153 Å². The van der Waals surface area contributed by atoms with E-state index >= 15 is 0 Å². The molecule has 2 aromatic rings. The Balaban J connectivity index is 1.56. The Hall–Kier alpha value is -1.39. The van der Waals surface area contributed by atoms with Crippen molar-refractivity contribution in [3.05, 3.63) is 26.6 Å². The number of rotatable bonds is 5. The first kappa shape index (κ1) is 18.4. The Bertz CT molecular complexity index is 978. The molecule has 25 heavy (non-hydrogen) atoms. The van der Waals surface area contributed by atoms with Crippen molar-refractivity contribution in [3.63, 3.8) is 0 Å². The zero-order chi connectivity index (χ0) is 18.2. The molecule has 7 nitrogen and oxygen atoms in total. The highest BCUT2D eigenvalue weighted by Gasteiger charge is 2.28. The summed E-state index contributed by atoms with van der Waals surface area (Å²) in [6.07, 6.45) is 0.474. The summed E-state index contributed by atoms with van der Waals surface area (Å²) < 4.78 is 22.8. The van der Waals surface area contributed by atoms with Gasteiger partial charge in [-0.25, -0.2) is 13.4 Å². The minimum Gasteiger partial charge on any atom is -0.352 e. The summed E-state index contributed by atoms with van der Waals surface area (Å²) in [4.78, 5) is 33.1. The summed E-state index contributed by atoms with van der Waals surface area (Å²) in [5.74, 6) is 1.11. The average Bonchev–Trinajstić information content (AvgIpc) is 2.98. The van der Waals surface area contributed by atoms with Crippen LogP contribution in [0.3, 0.4) is 0 Å². The Morgan fingerprint density at radius 1 is 1.44 bits per heavy atom. The topological polar surface area (TPSA) is 109 Å². The molecule has 1 aliphatic heterocycles. The molecule has 0 unspecified atom stereocenters. The number of thioether (sulfide) groups is 1. The molecule has 0 bridgehead atoms. The van der Waals surface area contributed by atoms with E-state index in [4.69, 9.17) is 0 Å². The Kier molecular flexibility index (Phi) is 5.21. The second kappa shape index (κ2) is 7.08. The first-order valence-electron chi connectivity index (χ1n) is 7.81. The van der Waals surface area contributed by atoms with Crippen molar-refractivity contribution < 1.29 is 13.2 Å². The summed E-state index contributed by atoms with van der Waals surface area (Å²) in [6, 6.07) is -0.288. The number of aryl methyl sites for hydroxylation is 2. The van der Waals surface area contributed by atoms with E-state index in [2.05, 4.69) is 15.3 Å². The molecule has 1 saturated heterocycles. The number of hydrogen-bond donors (Lipinski definition) is 2. The molecule has 10 heteroatoms. The van der Waals surface area contributed by atoms with Crippen molar-refractivity contribution in [1.29, 1.82) is 0 Å². The molecule has 0 radical (unpaired) electrons. The number of H-pyrrole nitrogens is 1. The molecular weight excluding hydrogens is 382 g/mol. The lowest BCUT2D eigenvalue weighted by Gasteiger charge is -2.10. The molecule has 2 N–H and O–H groups in total. The van der Waals surface area contributed by atoms with E-state index in [1.165, 1.54) is 23.1 Å². The average molecular weight is 402 g/mol. The van der Waals surface area contributed by atoms with Gasteiger partial charge in [0, 0.05) is 10.9 Å². The molecule has 0 aromatic carbocycles. The van der Waals surface area contributed by atoms with Gasteiger partial charge in [-0.15, -0.1) is 23.1 Å². The lowest BCUT2D eigenvalue weighted by molar-refractivity contribution is -0.119. The zero-order valence-electron chi connectivity index (χ0n) is 13.9. The molecule has 136 valence electrons. The van der Waals surface area contributed by atoms with E-state index in [1.54, 1.807) is 0 Å². The first-order chi connectivity index (χ1) is 11.7. The number of sulfone groups is 1. The van der Waals surface area contributed by atoms with Gasteiger partial charge in [0.1, 0.15) is 10.7 Å². The van der Waals surface area contributed by atoms with Crippen LogP contribution in [0, 0.1) is 13.8 Å². The zero-order valence-corrected chi connectivity index (χ0v) is 16.4. The summed E-state index contributed by atoms with van der Waals surface area (Å²) in [6.45, 7) is 3.87. The second-order valence-corrected chi connectivity index (χ2v) is 10.6. The second-order valence-electron chi connectivity index (χ2n) is 6.14. The molecule has 3 rings (SSSR count). The molecule has 1 atom stereocenters. The van der Waals surface area contributed by atoms with Gasteiger partial charge in [0.2, 0.25) is 5.91 Å². The van der Waals surface area contributed by atoms with Crippen LogP contribution in [0.25, 0.3) is 10.2 Å². The van der Waals surface area contributed by atoms with Gasteiger partial charge in [-0.05, 0) is 25.8 Å². The smallest absolute Gasteiger partial charge is 0.259 e. The maximum absolute atomic E-state index is 12.2. The van der Waals surface area contributed by atoms with Gasteiger partial charge >= 0.3 is 0 Å². The third-order valence-corrected chi connectivity index (χ3v) is 7.97. The van der Waals surface area contributed by atoms with E-state index in [0.29, 0.717) is 23.4 Å². The maximum atomic E-state index is 12.2. The quantitative estimate of drug-likeness (QED) is 0.778. The number of nitrogens with one attached hydrogen (secondary N) is 2. The van der Waals surface area contributed by atoms with E-state index in [-0.39, 0.29) is 34.8 Å². The Morgan fingerprint density at radius 3 is 2.88 bits per heavy atom. The van der Waals surface area contributed by atoms with Gasteiger partial charge in [-0.3, -0.25) is 9.59 Å². The number of amides is 1. The number of fused-ring (bicyclic) bond motifs is 1. The van der Waals surface area contributed by atoms with Crippen LogP contribution in [0.2, 0.25) is 0 Å². The SMILES string of the molecule is Cc1sc2nc(CSCC(=O)N[C@@H]3CCS(=O)(=O)C3)[nH]c(=O)c2c1C. The molecule has 1 aliphatic rings.